The number of amides is 1. The van der Waals surface area contributed by atoms with Gasteiger partial charge in [0.05, 0.1) is 20.4 Å². The van der Waals surface area contributed by atoms with E-state index < -0.39 is 57.4 Å². The molecule has 168 valence electrons. The minimum Gasteiger partial charge on any atom is -0.744 e. The van der Waals surface area contributed by atoms with Crippen LogP contribution in [0.3, 0.4) is 0 Å². The Morgan fingerprint density at radius 2 is 1.59 bits per heavy atom. The Morgan fingerprint density at radius 3 is 2.12 bits per heavy atom. The molecule has 3 rings (SSSR count). The van der Waals surface area contributed by atoms with E-state index in [1.807, 2.05) is 0 Å². The minimum atomic E-state index is -5.17. The maximum Gasteiger partial charge on any atom is 1.00 e. The van der Waals surface area contributed by atoms with Crippen molar-refractivity contribution in [1.29, 1.82) is 0 Å². The molecule has 0 aliphatic rings. The van der Waals surface area contributed by atoms with Gasteiger partial charge in [0.15, 0.2) is 0 Å². The van der Waals surface area contributed by atoms with Gasteiger partial charge in [-0.05, 0) is 36.8 Å². The molecule has 0 radical (unpaired) electrons. The molecule has 34 heavy (non-hydrogen) atoms. The average Bonchev–Trinajstić information content (AvgIpc) is 2.66. The van der Waals surface area contributed by atoms with Crippen LogP contribution >= 0.6 is 0 Å². The molecule has 0 atom stereocenters. The molecule has 0 unspecified atom stereocenters. The van der Waals surface area contributed by atoms with Gasteiger partial charge >= 0.3 is 59.1 Å². The van der Waals surface area contributed by atoms with Crippen LogP contribution in [0.5, 0.6) is 5.75 Å². The smallest absolute Gasteiger partial charge is 0.744 e. The molecule has 0 fully saturated rings. The molecule has 0 saturated heterocycles. The van der Waals surface area contributed by atoms with Gasteiger partial charge in [-0.1, -0.05) is 6.07 Å². The van der Waals surface area contributed by atoms with Crippen LogP contribution < -0.4 is 64.4 Å². The molecule has 3 aromatic carbocycles. The molecule has 0 saturated carbocycles. The van der Waals surface area contributed by atoms with E-state index in [1.165, 1.54) is 19.1 Å². The summed E-state index contributed by atoms with van der Waals surface area (Å²) in [5, 5.41) is 22.6. The number of nitrogens with zero attached hydrogens (tertiary/aromatic N) is 1. The van der Waals surface area contributed by atoms with Gasteiger partial charge < -0.3 is 19.5 Å². The van der Waals surface area contributed by atoms with Crippen molar-refractivity contribution in [3.05, 3.63) is 63.7 Å². The van der Waals surface area contributed by atoms with Crippen LogP contribution in [0.4, 0.5) is 11.4 Å². The van der Waals surface area contributed by atoms with Crippen LogP contribution in [0.1, 0.15) is 15.9 Å². The normalized spacial score (nSPS) is 11.3. The Balaban J connectivity index is 0.00000289. The zero-order valence-electron chi connectivity index (χ0n) is 17.9. The fourth-order valence-corrected chi connectivity index (χ4v) is 4.22. The average molecular weight is 526 g/mol. The van der Waals surface area contributed by atoms with Gasteiger partial charge in [-0.2, -0.15) is 0 Å². The topological polar surface area (TPSA) is 207 Å². The second kappa shape index (κ2) is 11.0. The number of nitrogens with one attached hydrogen (secondary N) is 1. The number of benzene rings is 3. The van der Waals surface area contributed by atoms with Gasteiger partial charge in [-0.25, -0.2) is 16.8 Å². The summed E-state index contributed by atoms with van der Waals surface area (Å²) < 4.78 is 68.8. The Hall–Kier alpha value is -1.59. The number of aryl methyl sites for hydroxylation is 1. The molecule has 2 N–H and O–H groups in total. The number of carbonyl (C=O) groups excluding carboxylic acids is 1. The van der Waals surface area contributed by atoms with Crippen LogP contribution in [0.25, 0.3) is 10.8 Å². The Labute approximate surface area is 237 Å². The van der Waals surface area contributed by atoms with E-state index in [4.69, 9.17) is 0 Å². The number of nitro groups is 1. The molecule has 1 amide bonds. The van der Waals surface area contributed by atoms with Gasteiger partial charge in [0.25, 0.3) is 11.6 Å². The molecule has 0 spiro atoms. The number of non-ortho nitro benzene ring substituents is 1. The largest absolute Gasteiger partial charge is 1.00 e. The summed E-state index contributed by atoms with van der Waals surface area (Å²) in [5.74, 6) is -1.77. The fraction of sp³-hybridized carbons (Fsp3) is 0.0556. The molecule has 16 heteroatoms. The van der Waals surface area contributed by atoms with Crippen molar-refractivity contribution < 1.29 is 99.9 Å². The van der Waals surface area contributed by atoms with Crippen molar-refractivity contribution in [3.8, 4) is 5.75 Å². The molecule has 3 aromatic rings. The van der Waals surface area contributed by atoms with E-state index in [9.17, 15) is 46.0 Å². The number of carbonyl (C=O) groups is 1. The number of hydrogen-bond donors (Lipinski definition) is 2. The third kappa shape index (κ3) is 6.34. The van der Waals surface area contributed by atoms with Gasteiger partial charge in [0, 0.05) is 28.5 Å². The van der Waals surface area contributed by atoms with E-state index >= 15 is 0 Å². The second-order valence-corrected chi connectivity index (χ2v) is 9.32. The summed E-state index contributed by atoms with van der Waals surface area (Å²) in [7, 11) is -10.3. The first-order chi connectivity index (χ1) is 14.7. The third-order valence-electron chi connectivity index (χ3n) is 4.51. The Morgan fingerprint density at radius 1 is 0.971 bits per heavy atom. The molecule has 12 nitrogen and oxygen atoms in total. The standard InChI is InChI=1S/C18H14N2O10S2.2Na/c1-9-2-3-10(20(23)24)6-12(9)18(22)19-14-4-5-16(32(28,29)30)13-7-11(31(25,26)27)8-15(21)17(13)14;;/h2-8,21H,1H3,(H,19,22)(H,25,26,27)(H,28,29,30);;/q;2*+1/p-2. The van der Waals surface area contributed by atoms with Gasteiger partial charge in [-0.3, -0.25) is 14.9 Å². The molecular formula is C18H12N2Na2O10S2. The SMILES string of the molecule is Cc1ccc([N+](=O)[O-])cc1C(=O)Nc1ccc(S(=O)(=O)[O-])c2cc(S(=O)(=O)[O-])cc(O)c12.[Na+].[Na+]. The zero-order chi connectivity index (χ0) is 24.0. The monoisotopic (exact) mass is 526 g/mol. The van der Waals surface area contributed by atoms with Gasteiger partial charge in [0.2, 0.25) is 0 Å². The first-order valence-electron chi connectivity index (χ1n) is 8.48. The Kier molecular flexibility index (Phi) is 9.84. The summed E-state index contributed by atoms with van der Waals surface area (Å²) in [6, 6.07) is 6.40. The van der Waals surface area contributed by atoms with E-state index in [1.54, 1.807) is 0 Å². The van der Waals surface area contributed by atoms with Crippen LogP contribution in [0.15, 0.2) is 52.3 Å². The zero-order valence-corrected chi connectivity index (χ0v) is 23.6. The summed E-state index contributed by atoms with van der Waals surface area (Å²) >= 11 is 0. The number of phenols is 1. The first-order valence-corrected chi connectivity index (χ1v) is 11.3. The van der Waals surface area contributed by atoms with E-state index in [0.29, 0.717) is 17.7 Å². The number of aromatic hydroxyl groups is 1. The van der Waals surface area contributed by atoms with Crippen molar-refractivity contribution in [1.82, 2.24) is 0 Å². The van der Waals surface area contributed by atoms with Crippen LogP contribution in [0, 0.1) is 17.0 Å². The summed E-state index contributed by atoms with van der Waals surface area (Å²) in [4.78, 5) is 21.1. The molecular weight excluding hydrogens is 514 g/mol. The van der Waals surface area contributed by atoms with Gasteiger partial charge in [-0.15, -0.1) is 0 Å². The predicted octanol–water partition coefficient (Wildman–Crippen LogP) is -4.17. The maximum absolute atomic E-state index is 12.7. The van der Waals surface area contributed by atoms with Crippen molar-refractivity contribution in [2.45, 2.75) is 16.7 Å². The number of anilines is 1. The van der Waals surface area contributed by atoms with Crippen LogP contribution in [-0.4, -0.2) is 41.9 Å². The third-order valence-corrected chi connectivity index (χ3v) is 6.22. The summed E-state index contributed by atoms with van der Waals surface area (Å²) in [6.07, 6.45) is 0. The predicted molar refractivity (Wildman–Crippen MR) is 107 cm³/mol. The van der Waals surface area contributed by atoms with Crippen molar-refractivity contribution >= 4 is 48.3 Å². The van der Waals surface area contributed by atoms with Crippen molar-refractivity contribution in [2.75, 3.05) is 5.32 Å². The summed E-state index contributed by atoms with van der Waals surface area (Å²) in [6.45, 7) is 1.51. The molecule has 0 aromatic heterocycles. The molecule has 0 heterocycles. The number of fused-ring (bicyclic) bond motifs is 1. The van der Waals surface area contributed by atoms with Gasteiger partial charge in [0.1, 0.15) is 26.0 Å². The quantitative estimate of drug-likeness (QED) is 0.142. The first kappa shape index (κ1) is 30.4. The number of hydrogen-bond acceptors (Lipinski definition) is 10. The Bertz CT molecular complexity index is 1520. The number of rotatable bonds is 5. The maximum atomic E-state index is 12.7. The van der Waals surface area contributed by atoms with E-state index in [-0.39, 0.29) is 76.1 Å². The minimum absolute atomic E-state index is 0. The van der Waals surface area contributed by atoms with E-state index in [0.717, 1.165) is 18.2 Å². The van der Waals surface area contributed by atoms with Crippen molar-refractivity contribution in [2.24, 2.45) is 0 Å². The fourth-order valence-electron chi connectivity index (χ4n) is 3.03. The van der Waals surface area contributed by atoms with Crippen LogP contribution in [-0.2, 0) is 20.2 Å². The second-order valence-electron chi connectivity index (χ2n) is 6.59. The van der Waals surface area contributed by atoms with E-state index in [2.05, 4.69) is 5.32 Å². The molecule has 0 aliphatic heterocycles. The van der Waals surface area contributed by atoms with Crippen LogP contribution in [0.2, 0.25) is 0 Å². The van der Waals surface area contributed by atoms with Crippen molar-refractivity contribution in [3.63, 3.8) is 0 Å². The summed E-state index contributed by atoms with van der Waals surface area (Å²) in [5.41, 5.74) is -0.353. The number of nitro benzene ring substituents is 1. The molecule has 0 bridgehead atoms. The molecule has 0 aliphatic carbocycles. The number of phenolic OH excluding ortho intramolecular Hbond substituents is 1.